The van der Waals surface area contributed by atoms with Crippen molar-refractivity contribution in [3.05, 3.63) is 57.9 Å². The van der Waals surface area contributed by atoms with Crippen LogP contribution in [-0.2, 0) is 6.61 Å². The quantitative estimate of drug-likeness (QED) is 0.669. The van der Waals surface area contributed by atoms with Crippen LogP contribution in [0.25, 0.3) is 0 Å². The molecule has 6 nitrogen and oxygen atoms in total. The van der Waals surface area contributed by atoms with Gasteiger partial charge >= 0.3 is 0 Å². The van der Waals surface area contributed by atoms with E-state index in [4.69, 9.17) is 4.74 Å². The fourth-order valence-corrected chi connectivity index (χ4v) is 1.77. The Morgan fingerprint density at radius 3 is 2.80 bits per heavy atom. The highest BCUT2D eigenvalue weighted by Crippen LogP contribution is 2.24. The van der Waals surface area contributed by atoms with Gasteiger partial charge in [-0.2, -0.15) is 0 Å². The molecule has 0 saturated heterocycles. The Balaban J connectivity index is 2.08. The molecule has 0 aliphatic heterocycles. The number of anilines is 1. The van der Waals surface area contributed by atoms with Gasteiger partial charge in [-0.1, -0.05) is 0 Å². The number of hydrogen-bond acceptors (Lipinski definition) is 5. The van der Waals surface area contributed by atoms with Gasteiger partial charge in [0, 0.05) is 31.1 Å². The standard InChI is InChI=1S/C14H15N3O3/c1-10-7-13(17(18)19)3-4-14(10)20-9-12-8-11(15-2)5-6-16-12/h3-8H,9H2,1-2H3,(H,15,16). The molecule has 0 aliphatic carbocycles. The first kappa shape index (κ1) is 13.8. The van der Waals surface area contributed by atoms with Crippen LogP contribution in [0.15, 0.2) is 36.5 Å². The van der Waals surface area contributed by atoms with Gasteiger partial charge in [0.15, 0.2) is 0 Å². The Kier molecular flexibility index (Phi) is 4.14. The number of nitro groups is 1. The number of nitrogens with zero attached hydrogens (tertiary/aromatic N) is 2. The van der Waals surface area contributed by atoms with Crippen LogP contribution in [0, 0.1) is 17.0 Å². The minimum Gasteiger partial charge on any atom is -0.487 e. The van der Waals surface area contributed by atoms with E-state index in [1.165, 1.54) is 12.1 Å². The summed E-state index contributed by atoms with van der Waals surface area (Å²) in [7, 11) is 1.83. The van der Waals surface area contributed by atoms with E-state index < -0.39 is 4.92 Å². The topological polar surface area (TPSA) is 77.3 Å². The number of non-ortho nitro benzene ring substituents is 1. The summed E-state index contributed by atoms with van der Waals surface area (Å²) in [4.78, 5) is 14.4. The van der Waals surface area contributed by atoms with Crippen molar-refractivity contribution >= 4 is 11.4 Å². The predicted octanol–water partition coefficient (Wildman–Crippen LogP) is 2.92. The Hall–Kier alpha value is -2.63. The molecular formula is C14H15N3O3. The summed E-state index contributed by atoms with van der Waals surface area (Å²) in [6.07, 6.45) is 1.70. The second-order valence-corrected chi connectivity index (χ2v) is 4.28. The van der Waals surface area contributed by atoms with Crippen LogP contribution >= 0.6 is 0 Å². The fourth-order valence-electron chi connectivity index (χ4n) is 1.77. The van der Waals surface area contributed by atoms with E-state index in [1.54, 1.807) is 19.2 Å². The van der Waals surface area contributed by atoms with Crippen molar-refractivity contribution in [2.24, 2.45) is 0 Å². The van der Waals surface area contributed by atoms with Gasteiger partial charge in [0.1, 0.15) is 12.4 Å². The molecule has 6 heteroatoms. The highest BCUT2D eigenvalue weighted by molar-refractivity contribution is 5.44. The van der Waals surface area contributed by atoms with E-state index in [2.05, 4.69) is 10.3 Å². The molecule has 2 aromatic rings. The molecule has 20 heavy (non-hydrogen) atoms. The van der Waals surface area contributed by atoms with Crippen molar-refractivity contribution < 1.29 is 9.66 Å². The molecule has 0 saturated carbocycles. The largest absolute Gasteiger partial charge is 0.487 e. The van der Waals surface area contributed by atoms with Gasteiger partial charge in [0.05, 0.1) is 10.6 Å². The third kappa shape index (κ3) is 3.23. The molecule has 1 aromatic heterocycles. The van der Waals surface area contributed by atoms with Gasteiger partial charge in [0.25, 0.3) is 5.69 Å². The van der Waals surface area contributed by atoms with Gasteiger partial charge in [0.2, 0.25) is 0 Å². The van der Waals surface area contributed by atoms with Gasteiger partial charge in [-0.3, -0.25) is 15.1 Å². The van der Waals surface area contributed by atoms with Crippen LogP contribution in [0.4, 0.5) is 11.4 Å². The number of nitro benzene ring substituents is 1. The lowest BCUT2D eigenvalue weighted by atomic mass is 10.2. The van der Waals surface area contributed by atoms with Gasteiger partial charge < -0.3 is 10.1 Å². The number of nitrogens with one attached hydrogen (secondary N) is 1. The van der Waals surface area contributed by atoms with E-state index in [-0.39, 0.29) is 5.69 Å². The smallest absolute Gasteiger partial charge is 0.269 e. The number of benzene rings is 1. The average Bonchev–Trinajstić information content (AvgIpc) is 2.46. The molecule has 0 fully saturated rings. The zero-order valence-corrected chi connectivity index (χ0v) is 11.3. The maximum Gasteiger partial charge on any atom is 0.269 e. The molecule has 2 rings (SSSR count). The molecule has 0 spiro atoms. The second-order valence-electron chi connectivity index (χ2n) is 4.28. The summed E-state index contributed by atoms with van der Waals surface area (Å²) in [5, 5.41) is 13.7. The third-order valence-electron chi connectivity index (χ3n) is 2.85. The molecule has 0 bridgehead atoms. The maximum atomic E-state index is 10.7. The lowest BCUT2D eigenvalue weighted by Gasteiger charge is -2.09. The van der Waals surface area contributed by atoms with Crippen LogP contribution in [0.1, 0.15) is 11.3 Å². The molecule has 0 amide bonds. The lowest BCUT2D eigenvalue weighted by Crippen LogP contribution is -2.01. The summed E-state index contributed by atoms with van der Waals surface area (Å²) >= 11 is 0. The number of aromatic nitrogens is 1. The van der Waals surface area contributed by atoms with Crippen LogP contribution in [-0.4, -0.2) is 17.0 Å². The Morgan fingerprint density at radius 2 is 2.15 bits per heavy atom. The number of aryl methyl sites for hydroxylation is 1. The molecule has 1 N–H and O–H groups in total. The van der Waals surface area contributed by atoms with Crippen molar-refractivity contribution in [1.29, 1.82) is 0 Å². The van der Waals surface area contributed by atoms with Crippen molar-refractivity contribution in [2.45, 2.75) is 13.5 Å². The summed E-state index contributed by atoms with van der Waals surface area (Å²) in [6.45, 7) is 2.09. The zero-order chi connectivity index (χ0) is 14.5. The van der Waals surface area contributed by atoms with Crippen molar-refractivity contribution in [2.75, 3.05) is 12.4 Å². The first-order valence-electron chi connectivity index (χ1n) is 6.10. The Labute approximate surface area is 116 Å². The summed E-state index contributed by atoms with van der Waals surface area (Å²) in [5.74, 6) is 0.618. The van der Waals surface area contributed by atoms with Crippen molar-refractivity contribution in [3.63, 3.8) is 0 Å². The molecule has 0 radical (unpaired) electrons. The van der Waals surface area contributed by atoms with E-state index in [9.17, 15) is 10.1 Å². The number of ether oxygens (including phenoxy) is 1. The first-order chi connectivity index (χ1) is 9.60. The van der Waals surface area contributed by atoms with Crippen LogP contribution in [0.5, 0.6) is 5.75 Å². The maximum absolute atomic E-state index is 10.7. The normalized spacial score (nSPS) is 10.1. The van der Waals surface area contributed by atoms with E-state index in [1.807, 2.05) is 19.2 Å². The van der Waals surface area contributed by atoms with E-state index >= 15 is 0 Å². The molecule has 1 aromatic carbocycles. The Bertz CT molecular complexity index is 629. The highest BCUT2D eigenvalue weighted by atomic mass is 16.6. The first-order valence-corrected chi connectivity index (χ1v) is 6.10. The lowest BCUT2D eigenvalue weighted by molar-refractivity contribution is -0.384. The second kappa shape index (κ2) is 6.01. The average molecular weight is 273 g/mol. The number of pyridine rings is 1. The molecule has 104 valence electrons. The van der Waals surface area contributed by atoms with Gasteiger partial charge in [-0.05, 0) is 30.7 Å². The molecule has 0 unspecified atom stereocenters. The van der Waals surface area contributed by atoms with Gasteiger partial charge in [-0.15, -0.1) is 0 Å². The molecule has 0 aliphatic rings. The SMILES string of the molecule is CNc1ccnc(COc2ccc([N+](=O)[O-])cc2C)c1. The predicted molar refractivity (Wildman–Crippen MR) is 75.9 cm³/mol. The van der Waals surface area contributed by atoms with Crippen molar-refractivity contribution in [1.82, 2.24) is 4.98 Å². The summed E-state index contributed by atoms with van der Waals surface area (Å²) in [6, 6.07) is 8.28. The summed E-state index contributed by atoms with van der Waals surface area (Å²) in [5.41, 5.74) is 2.53. The van der Waals surface area contributed by atoms with Crippen molar-refractivity contribution in [3.8, 4) is 5.75 Å². The molecule has 1 heterocycles. The minimum absolute atomic E-state index is 0.0603. The highest BCUT2D eigenvalue weighted by Gasteiger charge is 2.09. The fraction of sp³-hybridized carbons (Fsp3) is 0.214. The van der Waals surface area contributed by atoms with E-state index in [0.717, 1.165) is 16.9 Å². The minimum atomic E-state index is -0.422. The van der Waals surface area contributed by atoms with Gasteiger partial charge in [-0.25, -0.2) is 0 Å². The Morgan fingerprint density at radius 1 is 1.35 bits per heavy atom. The molecule has 0 atom stereocenters. The molecular weight excluding hydrogens is 258 g/mol. The van der Waals surface area contributed by atoms with Crippen LogP contribution in [0.3, 0.4) is 0 Å². The number of hydrogen-bond donors (Lipinski definition) is 1. The zero-order valence-electron chi connectivity index (χ0n) is 11.3. The van der Waals surface area contributed by atoms with Crippen LogP contribution < -0.4 is 10.1 Å². The third-order valence-corrected chi connectivity index (χ3v) is 2.85. The summed E-state index contributed by atoms with van der Waals surface area (Å²) < 4.78 is 5.64. The number of rotatable bonds is 5. The monoisotopic (exact) mass is 273 g/mol. The van der Waals surface area contributed by atoms with E-state index in [0.29, 0.717) is 12.4 Å². The van der Waals surface area contributed by atoms with Crippen LogP contribution in [0.2, 0.25) is 0 Å².